The van der Waals surface area contributed by atoms with E-state index >= 15 is 0 Å². The Morgan fingerprint density at radius 2 is 1.88 bits per heavy atom. The second kappa shape index (κ2) is 7.55. The lowest BCUT2D eigenvalue weighted by Gasteiger charge is -2.23. The lowest BCUT2D eigenvalue weighted by Crippen LogP contribution is -2.47. The number of anilines is 1. The minimum atomic E-state index is -4.45. The van der Waals surface area contributed by atoms with Gasteiger partial charge in [-0.25, -0.2) is 0 Å². The molecule has 1 aliphatic rings. The minimum absolute atomic E-state index is 0.0436. The van der Waals surface area contributed by atoms with Crippen LogP contribution >= 0.6 is 15.9 Å². The summed E-state index contributed by atoms with van der Waals surface area (Å²) in [6.45, 7) is 1.34. The molecule has 132 valence electrons. The van der Waals surface area contributed by atoms with E-state index in [9.17, 15) is 22.8 Å². The number of amides is 2. The molecule has 1 aromatic rings. The van der Waals surface area contributed by atoms with Gasteiger partial charge in [-0.15, -0.1) is 0 Å². The van der Waals surface area contributed by atoms with Gasteiger partial charge in [0.05, 0.1) is 11.3 Å². The van der Waals surface area contributed by atoms with E-state index in [1.165, 1.54) is 13.0 Å². The molecule has 2 N–H and O–H groups in total. The van der Waals surface area contributed by atoms with Crippen LogP contribution in [0.4, 0.5) is 18.9 Å². The van der Waals surface area contributed by atoms with Gasteiger partial charge in [-0.1, -0.05) is 12.8 Å². The Balaban J connectivity index is 2.15. The van der Waals surface area contributed by atoms with Crippen molar-refractivity contribution in [1.29, 1.82) is 0 Å². The van der Waals surface area contributed by atoms with Crippen LogP contribution in [-0.4, -0.2) is 17.9 Å². The van der Waals surface area contributed by atoms with Gasteiger partial charge in [-0.05, 0) is 52.9 Å². The van der Waals surface area contributed by atoms with Gasteiger partial charge >= 0.3 is 6.18 Å². The molecule has 1 aliphatic carbocycles. The van der Waals surface area contributed by atoms with Gasteiger partial charge < -0.3 is 10.6 Å². The van der Waals surface area contributed by atoms with Crippen molar-refractivity contribution < 1.29 is 22.8 Å². The Morgan fingerprint density at radius 3 is 2.38 bits per heavy atom. The van der Waals surface area contributed by atoms with Crippen molar-refractivity contribution >= 4 is 33.4 Å². The highest BCUT2D eigenvalue weighted by Crippen LogP contribution is 2.34. The number of hydrogen-bond acceptors (Lipinski definition) is 2. The maximum absolute atomic E-state index is 12.7. The van der Waals surface area contributed by atoms with Gasteiger partial charge in [0.15, 0.2) is 0 Å². The Morgan fingerprint density at radius 1 is 1.25 bits per heavy atom. The smallest absolute Gasteiger partial charge is 0.344 e. The first-order chi connectivity index (χ1) is 11.2. The standard InChI is InChI=1S/C16H18BrF3N2O2/c1-9(23)21-14(10-4-2-3-5-10)15(24)22-13-7-6-11(8-12(13)17)16(18,19)20/h6-8,10,14H,2-5H2,1H3,(H,21,23)(H,22,24). The van der Waals surface area contributed by atoms with Crippen molar-refractivity contribution in [1.82, 2.24) is 5.32 Å². The molecule has 1 unspecified atom stereocenters. The van der Waals surface area contributed by atoms with Crippen molar-refractivity contribution in [3.05, 3.63) is 28.2 Å². The normalized spacial score (nSPS) is 16.7. The first kappa shape index (κ1) is 18.8. The van der Waals surface area contributed by atoms with Crippen molar-refractivity contribution in [2.24, 2.45) is 5.92 Å². The van der Waals surface area contributed by atoms with Gasteiger partial charge in [0.2, 0.25) is 11.8 Å². The number of nitrogens with one attached hydrogen (secondary N) is 2. The van der Waals surface area contributed by atoms with Crippen LogP contribution in [0.3, 0.4) is 0 Å². The summed E-state index contributed by atoms with van der Waals surface area (Å²) >= 11 is 3.05. The third-order valence-corrected chi connectivity index (χ3v) is 4.72. The second-order valence-corrected chi connectivity index (χ2v) is 6.76. The van der Waals surface area contributed by atoms with Gasteiger partial charge in [0.1, 0.15) is 6.04 Å². The fraction of sp³-hybridized carbons (Fsp3) is 0.500. The lowest BCUT2D eigenvalue weighted by atomic mass is 9.97. The molecule has 0 saturated heterocycles. The summed E-state index contributed by atoms with van der Waals surface area (Å²) in [4.78, 5) is 23.9. The van der Waals surface area contributed by atoms with Gasteiger partial charge in [-0.2, -0.15) is 13.2 Å². The molecule has 0 bridgehead atoms. The molecule has 1 saturated carbocycles. The van der Waals surface area contributed by atoms with Gasteiger partial charge in [0, 0.05) is 11.4 Å². The maximum atomic E-state index is 12.7. The molecule has 1 atom stereocenters. The highest BCUT2D eigenvalue weighted by Gasteiger charge is 2.33. The third-order valence-electron chi connectivity index (χ3n) is 4.07. The molecular formula is C16H18BrF3N2O2. The van der Waals surface area contributed by atoms with Gasteiger partial charge in [-0.3, -0.25) is 9.59 Å². The predicted molar refractivity (Wildman–Crippen MR) is 87.3 cm³/mol. The van der Waals surface area contributed by atoms with Crippen LogP contribution in [0, 0.1) is 5.92 Å². The van der Waals surface area contributed by atoms with E-state index in [1.807, 2.05) is 0 Å². The summed E-state index contributed by atoms with van der Waals surface area (Å²) in [5.74, 6) is -0.687. The molecule has 1 aromatic carbocycles. The van der Waals surface area contributed by atoms with Crippen LogP contribution < -0.4 is 10.6 Å². The van der Waals surface area contributed by atoms with E-state index < -0.39 is 23.7 Å². The monoisotopic (exact) mass is 406 g/mol. The molecular weight excluding hydrogens is 389 g/mol. The van der Waals surface area contributed by atoms with Crippen LogP contribution in [-0.2, 0) is 15.8 Å². The van der Waals surface area contributed by atoms with E-state index in [1.54, 1.807) is 0 Å². The fourth-order valence-electron chi connectivity index (χ4n) is 2.91. The zero-order chi connectivity index (χ0) is 17.9. The molecule has 8 heteroatoms. The summed E-state index contributed by atoms with van der Waals surface area (Å²) in [6.07, 6.45) is -0.775. The zero-order valence-electron chi connectivity index (χ0n) is 13.0. The van der Waals surface area contributed by atoms with E-state index in [-0.39, 0.29) is 22.0 Å². The van der Waals surface area contributed by atoms with Crippen LogP contribution in [0.5, 0.6) is 0 Å². The van der Waals surface area contributed by atoms with Crippen molar-refractivity contribution in [3.8, 4) is 0 Å². The molecule has 0 aliphatic heterocycles. The SMILES string of the molecule is CC(=O)NC(C(=O)Nc1ccc(C(F)(F)F)cc1Br)C1CCCC1. The largest absolute Gasteiger partial charge is 0.416 e. The topological polar surface area (TPSA) is 58.2 Å². The molecule has 0 spiro atoms. The van der Waals surface area contributed by atoms with E-state index in [0.717, 1.165) is 37.8 Å². The van der Waals surface area contributed by atoms with Crippen LogP contribution in [0.1, 0.15) is 38.2 Å². The molecule has 2 amide bonds. The van der Waals surface area contributed by atoms with E-state index in [2.05, 4.69) is 26.6 Å². The van der Waals surface area contributed by atoms with Gasteiger partial charge in [0.25, 0.3) is 0 Å². The molecule has 0 heterocycles. The first-order valence-electron chi connectivity index (χ1n) is 7.63. The minimum Gasteiger partial charge on any atom is -0.344 e. The molecule has 0 aromatic heterocycles. The molecule has 4 nitrogen and oxygen atoms in total. The van der Waals surface area contributed by atoms with Crippen LogP contribution in [0.25, 0.3) is 0 Å². The number of carbonyl (C=O) groups excluding carboxylic acids is 2. The highest BCUT2D eigenvalue weighted by atomic mass is 79.9. The van der Waals surface area contributed by atoms with Crippen molar-refractivity contribution in [2.75, 3.05) is 5.32 Å². The van der Waals surface area contributed by atoms with E-state index in [4.69, 9.17) is 0 Å². The number of alkyl halides is 3. The Hall–Kier alpha value is -1.57. The third kappa shape index (κ3) is 4.72. The summed E-state index contributed by atoms with van der Waals surface area (Å²) in [5, 5.41) is 5.25. The second-order valence-electron chi connectivity index (χ2n) is 5.90. The number of halogens is 4. The average Bonchev–Trinajstić information content (AvgIpc) is 2.99. The first-order valence-corrected chi connectivity index (χ1v) is 8.42. The average molecular weight is 407 g/mol. The van der Waals surface area contributed by atoms with Crippen LogP contribution in [0.2, 0.25) is 0 Å². The Kier molecular flexibility index (Phi) is 5.90. The molecule has 24 heavy (non-hydrogen) atoms. The summed E-state index contributed by atoms with van der Waals surface area (Å²) in [6, 6.07) is 2.34. The quantitative estimate of drug-likeness (QED) is 0.790. The lowest BCUT2D eigenvalue weighted by molar-refractivity contribution is -0.137. The number of carbonyl (C=O) groups is 2. The number of rotatable bonds is 4. The highest BCUT2D eigenvalue weighted by molar-refractivity contribution is 9.10. The van der Waals surface area contributed by atoms with E-state index in [0.29, 0.717) is 0 Å². The van der Waals surface area contributed by atoms with Crippen molar-refractivity contribution in [2.45, 2.75) is 44.8 Å². The number of hydrogen-bond donors (Lipinski definition) is 2. The Labute approximate surface area is 146 Å². The maximum Gasteiger partial charge on any atom is 0.416 e. The molecule has 1 fully saturated rings. The Bertz CT molecular complexity index is 628. The van der Waals surface area contributed by atoms with Crippen LogP contribution in [0.15, 0.2) is 22.7 Å². The van der Waals surface area contributed by atoms with Crippen molar-refractivity contribution in [3.63, 3.8) is 0 Å². The fourth-order valence-corrected chi connectivity index (χ4v) is 3.39. The molecule has 0 radical (unpaired) electrons. The zero-order valence-corrected chi connectivity index (χ0v) is 14.6. The number of benzene rings is 1. The summed E-state index contributed by atoms with van der Waals surface area (Å²) in [5.41, 5.74) is -0.567. The predicted octanol–water partition coefficient (Wildman–Crippen LogP) is 4.10. The molecule has 2 rings (SSSR count). The summed E-state index contributed by atoms with van der Waals surface area (Å²) < 4.78 is 38.2. The summed E-state index contributed by atoms with van der Waals surface area (Å²) in [7, 11) is 0.